The van der Waals surface area contributed by atoms with Crippen molar-refractivity contribution in [1.29, 1.82) is 0 Å². The average Bonchev–Trinajstić information content (AvgIpc) is 3.01. The number of carbonyl (C=O) groups is 2. The van der Waals surface area contributed by atoms with Crippen molar-refractivity contribution in [2.45, 2.75) is 56.4 Å². The number of benzene rings is 3. The first-order chi connectivity index (χ1) is 20.6. The van der Waals surface area contributed by atoms with Crippen LogP contribution in [0.5, 0.6) is 5.75 Å². The Kier molecular flexibility index (Phi) is 12.9. The molecule has 232 valence electrons. The maximum absolute atomic E-state index is 14.2. The van der Waals surface area contributed by atoms with E-state index in [1.165, 1.54) is 16.7 Å². The summed E-state index contributed by atoms with van der Waals surface area (Å²) in [6, 6.07) is 22.3. The number of ether oxygens (including phenoxy) is 1. The van der Waals surface area contributed by atoms with E-state index in [-0.39, 0.29) is 29.0 Å². The number of anilines is 1. The highest BCUT2D eigenvalue weighted by molar-refractivity contribution is 7.98. The van der Waals surface area contributed by atoms with Crippen molar-refractivity contribution in [3.8, 4) is 5.75 Å². The van der Waals surface area contributed by atoms with Crippen LogP contribution in [0.2, 0.25) is 0 Å². The molecule has 3 aromatic carbocycles. The summed E-state index contributed by atoms with van der Waals surface area (Å²) in [5, 5.41) is 2.96. The summed E-state index contributed by atoms with van der Waals surface area (Å²) < 4.78 is 35.3. The second-order valence-corrected chi connectivity index (χ2v) is 13.2. The number of hydrogen-bond acceptors (Lipinski definition) is 6. The smallest absolute Gasteiger partial charge is 0.264 e. The van der Waals surface area contributed by atoms with E-state index >= 15 is 0 Å². The van der Waals surface area contributed by atoms with Gasteiger partial charge < -0.3 is 15.0 Å². The molecule has 0 saturated heterocycles. The van der Waals surface area contributed by atoms with Crippen molar-refractivity contribution in [2.24, 2.45) is 5.92 Å². The average molecular weight is 626 g/mol. The molecule has 0 aliphatic rings. The van der Waals surface area contributed by atoms with Crippen LogP contribution in [-0.4, -0.2) is 63.7 Å². The van der Waals surface area contributed by atoms with E-state index in [0.29, 0.717) is 31.7 Å². The van der Waals surface area contributed by atoms with Crippen molar-refractivity contribution in [2.75, 3.05) is 36.8 Å². The number of carbonyl (C=O) groups excluding carboxylic acids is 2. The predicted molar refractivity (Wildman–Crippen MR) is 174 cm³/mol. The van der Waals surface area contributed by atoms with Gasteiger partial charge in [0.25, 0.3) is 10.0 Å². The molecule has 0 saturated carbocycles. The first-order valence-electron chi connectivity index (χ1n) is 14.6. The number of rotatable bonds is 16. The Hall–Kier alpha value is -3.50. The Bertz CT molecular complexity index is 1430. The van der Waals surface area contributed by atoms with Crippen molar-refractivity contribution >= 4 is 39.3 Å². The number of thioether (sulfide) groups is 1. The minimum atomic E-state index is -4.19. The van der Waals surface area contributed by atoms with E-state index in [9.17, 15) is 18.0 Å². The van der Waals surface area contributed by atoms with Crippen LogP contribution >= 0.6 is 11.8 Å². The molecule has 3 rings (SSSR count). The lowest BCUT2D eigenvalue weighted by molar-refractivity contribution is -0.139. The van der Waals surface area contributed by atoms with Crippen molar-refractivity contribution in [3.05, 3.63) is 84.4 Å². The number of sulfonamides is 1. The maximum atomic E-state index is 14.2. The molecule has 0 radical (unpaired) electrons. The number of para-hydroxylation sites is 2. The van der Waals surface area contributed by atoms with Gasteiger partial charge in [-0.05, 0) is 73.9 Å². The summed E-state index contributed by atoms with van der Waals surface area (Å²) in [6.45, 7) is 8.22. The highest BCUT2D eigenvalue weighted by atomic mass is 32.2. The molecule has 0 bridgehead atoms. The molecule has 0 spiro atoms. The highest BCUT2D eigenvalue weighted by Gasteiger charge is 2.34. The fourth-order valence-corrected chi connectivity index (χ4v) is 6.48. The molecule has 43 heavy (non-hydrogen) atoms. The lowest BCUT2D eigenvalue weighted by Gasteiger charge is -2.33. The SMILES string of the molecule is CCOc1ccccc1N(CC(=O)N(CCc1ccccc1)[C@H](CC)C(=O)NCC(C)C)S(=O)(=O)c1ccc(SC)cc1. The molecular weight excluding hydrogens is 583 g/mol. The third-order valence-corrected chi connectivity index (χ3v) is 9.43. The zero-order valence-corrected chi connectivity index (χ0v) is 27.3. The van der Waals surface area contributed by atoms with Gasteiger partial charge in [-0.15, -0.1) is 11.8 Å². The van der Waals surface area contributed by atoms with Crippen molar-refractivity contribution < 1.29 is 22.7 Å². The van der Waals surface area contributed by atoms with Gasteiger partial charge >= 0.3 is 0 Å². The first kappa shape index (κ1) is 34.0. The van der Waals surface area contributed by atoms with Gasteiger partial charge in [-0.2, -0.15) is 0 Å². The van der Waals surface area contributed by atoms with Crippen molar-refractivity contribution in [1.82, 2.24) is 10.2 Å². The van der Waals surface area contributed by atoms with Gasteiger partial charge in [0, 0.05) is 18.0 Å². The number of nitrogens with zero attached hydrogens (tertiary/aromatic N) is 2. The largest absolute Gasteiger partial charge is 0.492 e. The monoisotopic (exact) mass is 625 g/mol. The Morgan fingerprint density at radius 2 is 1.58 bits per heavy atom. The summed E-state index contributed by atoms with van der Waals surface area (Å²) >= 11 is 1.51. The molecule has 1 N–H and O–H groups in total. The van der Waals surface area contributed by atoms with Crippen LogP contribution in [0.4, 0.5) is 5.69 Å². The minimum Gasteiger partial charge on any atom is -0.492 e. The van der Waals surface area contributed by atoms with E-state index in [1.807, 2.05) is 64.3 Å². The molecular formula is C33H43N3O5S2. The Labute approximate surface area is 260 Å². The molecule has 0 aliphatic heterocycles. The van der Waals surface area contributed by atoms with Crippen LogP contribution in [0.3, 0.4) is 0 Å². The van der Waals surface area contributed by atoms with Crippen LogP contribution < -0.4 is 14.4 Å². The zero-order valence-electron chi connectivity index (χ0n) is 25.7. The molecule has 0 aliphatic carbocycles. The van der Waals surface area contributed by atoms with Crippen molar-refractivity contribution in [3.63, 3.8) is 0 Å². The summed E-state index contributed by atoms with van der Waals surface area (Å²) in [6.07, 6.45) is 2.81. The maximum Gasteiger partial charge on any atom is 0.264 e. The summed E-state index contributed by atoms with van der Waals surface area (Å²) in [5.41, 5.74) is 1.27. The van der Waals surface area contributed by atoms with E-state index in [4.69, 9.17) is 4.74 Å². The summed E-state index contributed by atoms with van der Waals surface area (Å²) in [5.74, 6) is -0.143. The third kappa shape index (κ3) is 9.24. The second kappa shape index (κ2) is 16.4. The highest BCUT2D eigenvalue weighted by Crippen LogP contribution is 2.33. The van der Waals surface area contributed by atoms with Crippen LogP contribution in [-0.2, 0) is 26.0 Å². The first-order valence-corrected chi connectivity index (χ1v) is 17.3. The van der Waals surface area contributed by atoms with Crippen LogP contribution in [0.25, 0.3) is 0 Å². The number of hydrogen-bond donors (Lipinski definition) is 1. The van der Waals surface area contributed by atoms with Gasteiger partial charge in [-0.1, -0.05) is 63.2 Å². The van der Waals surface area contributed by atoms with E-state index in [2.05, 4.69) is 5.32 Å². The number of nitrogens with one attached hydrogen (secondary N) is 1. The zero-order chi connectivity index (χ0) is 31.4. The topological polar surface area (TPSA) is 96.0 Å². The molecule has 0 fully saturated rings. The molecule has 0 aromatic heterocycles. The van der Waals surface area contributed by atoms with Crippen LogP contribution in [0, 0.1) is 5.92 Å². The molecule has 8 nitrogen and oxygen atoms in total. The molecule has 0 unspecified atom stereocenters. The van der Waals surface area contributed by atoms with E-state index < -0.39 is 28.5 Å². The van der Waals surface area contributed by atoms with Gasteiger partial charge in [-0.3, -0.25) is 13.9 Å². The number of amides is 2. The lowest BCUT2D eigenvalue weighted by atomic mass is 10.1. The Morgan fingerprint density at radius 1 is 0.930 bits per heavy atom. The standard InChI is InChI=1S/C33H43N3O5S2/c1-6-29(33(38)34-23-25(3)4)35(22-21-26-13-9-8-10-14-26)32(37)24-36(30-15-11-12-16-31(30)41-7-2)43(39,40)28-19-17-27(42-5)18-20-28/h8-20,25,29H,6-7,21-24H2,1-5H3,(H,34,38)/t29-/m1/s1. The van der Waals surface area contributed by atoms with Gasteiger partial charge in [0.1, 0.15) is 18.3 Å². The fourth-order valence-electron chi connectivity index (χ4n) is 4.65. The molecule has 2 amide bonds. The van der Waals surface area contributed by atoms with Gasteiger partial charge in [0.2, 0.25) is 11.8 Å². The predicted octanol–water partition coefficient (Wildman–Crippen LogP) is 5.62. The Balaban J connectivity index is 2.05. The molecule has 1 atom stereocenters. The van der Waals surface area contributed by atoms with Crippen LogP contribution in [0.1, 0.15) is 39.7 Å². The summed E-state index contributed by atoms with van der Waals surface area (Å²) in [7, 11) is -4.19. The fraction of sp³-hybridized carbons (Fsp3) is 0.394. The minimum absolute atomic E-state index is 0.0574. The molecule has 0 heterocycles. The second-order valence-electron chi connectivity index (χ2n) is 10.5. The van der Waals surface area contributed by atoms with E-state index in [1.54, 1.807) is 48.5 Å². The van der Waals surface area contributed by atoms with Gasteiger partial charge in [-0.25, -0.2) is 8.42 Å². The van der Waals surface area contributed by atoms with Crippen LogP contribution in [0.15, 0.2) is 88.7 Å². The van der Waals surface area contributed by atoms with E-state index in [0.717, 1.165) is 14.8 Å². The molecule has 10 heteroatoms. The Morgan fingerprint density at radius 3 is 2.19 bits per heavy atom. The molecule has 3 aromatic rings. The van der Waals surface area contributed by atoms with Gasteiger partial charge in [0.15, 0.2) is 0 Å². The lowest BCUT2D eigenvalue weighted by Crippen LogP contribution is -2.53. The quantitative estimate of drug-likeness (QED) is 0.208. The third-order valence-electron chi connectivity index (χ3n) is 6.91. The van der Waals surface area contributed by atoms with Gasteiger partial charge in [0.05, 0.1) is 17.2 Å². The summed E-state index contributed by atoms with van der Waals surface area (Å²) in [4.78, 5) is 30.1. The normalized spacial score (nSPS) is 12.0.